The highest BCUT2D eigenvalue weighted by molar-refractivity contribution is 6.36. The zero-order valence-corrected chi connectivity index (χ0v) is 8.27. The molecule has 0 bridgehead atoms. The van der Waals surface area contributed by atoms with Gasteiger partial charge in [-0.15, -0.1) is 0 Å². The van der Waals surface area contributed by atoms with Crippen molar-refractivity contribution in [3.63, 3.8) is 0 Å². The van der Waals surface area contributed by atoms with Crippen molar-refractivity contribution >= 4 is 23.6 Å². The van der Waals surface area contributed by atoms with Crippen LogP contribution in [0.2, 0.25) is 0 Å². The fourth-order valence-corrected chi connectivity index (χ4v) is 0.921. The number of nitrogens with zero attached hydrogens (tertiary/aromatic N) is 1. The van der Waals surface area contributed by atoms with E-state index >= 15 is 0 Å². The molecule has 0 aliphatic carbocycles. The zero-order chi connectivity index (χ0) is 11.8. The molecule has 0 radical (unpaired) electrons. The molecule has 0 aromatic heterocycles. The van der Waals surface area contributed by atoms with Crippen LogP contribution in [0, 0.1) is 0 Å². The van der Waals surface area contributed by atoms with Crippen molar-refractivity contribution in [2.24, 2.45) is 4.99 Å². The number of hydrogen-bond acceptors (Lipinski definition) is 4. The molecule has 1 aromatic carbocycles. The van der Waals surface area contributed by atoms with Gasteiger partial charge in [0.15, 0.2) is 0 Å². The van der Waals surface area contributed by atoms with Crippen molar-refractivity contribution in [3.05, 3.63) is 30.3 Å². The number of isocyanates is 1. The second kappa shape index (κ2) is 6.10. The summed E-state index contributed by atoms with van der Waals surface area (Å²) in [5, 5.41) is 4.54. The van der Waals surface area contributed by atoms with Crippen LogP contribution in [0.5, 0.6) is 0 Å². The minimum absolute atomic E-state index is 0.275. The summed E-state index contributed by atoms with van der Waals surface area (Å²) in [4.78, 5) is 33.2. The summed E-state index contributed by atoms with van der Waals surface area (Å²) < 4.78 is 0. The number of nitrogens with one attached hydrogen (secondary N) is 2. The lowest BCUT2D eigenvalue weighted by molar-refractivity contribution is -0.135. The predicted octanol–water partition coefficient (Wildman–Crippen LogP) is -0.156. The summed E-state index contributed by atoms with van der Waals surface area (Å²) in [6.07, 6.45) is 1.46. The second-order valence-electron chi connectivity index (χ2n) is 2.73. The maximum Gasteiger partial charge on any atom is 0.310 e. The van der Waals surface area contributed by atoms with Gasteiger partial charge >= 0.3 is 11.8 Å². The lowest BCUT2D eigenvalue weighted by Gasteiger charge is -1.83. The zero-order valence-electron chi connectivity index (χ0n) is 8.27. The Labute approximate surface area is 91.4 Å². The molecule has 1 aliphatic rings. The predicted molar refractivity (Wildman–Crippen MR) is 55.4 cm³/mol. The van der Waals surface area contributed by atoms with Crippen LogP contribution in [0.25, 0.3) is 0 Å². The topological polar surface area (TPSA) is 87.6 Å². The lowest BCUT2D eigenvalue weighted by atomic mass is 10.3. The van der Waals surface area contributed by atoms with Gasteiger partial charge in [0.2, 0.25) is 6.08 Å². The molecule has 6 nitrogen and oxygen atoms in total. The van der Waals surface area contributed by atoms with Crippen molar-refractivity contribution in [1.29, 1.82) is 0 Å². The monoisotopic (exact) mass is 219 g/mol. The van der Waals surface area contributed by atoms with E-state index in [2.05, 4.69) is 15.6 Å². The molecule has 1 aliphatic heterocycles. The summed E-state index contributed by atoms with van der Waals surface area (Å²) in [7, 11) is 0. The van der Waals surface area contributed by atoms with Gasteiger partial charge in [-0.1, -0.05) is 18.2 Å². The molecular formula is C10H9N3O3. The van der Waals surface area contributed by atoms with Crippen molar-refractivity contribution in [3.8, 4) is 0 Å². The molecule has 0 saturated carbocycles. The maximum absolute atomic E-state index is 10.1. The Morgan fingerprint density at radius 1 is 1.06 bits per heavy atom. The van der Waals surface area contributed by atoms with E-state index in [1.54, 1.807) is 12.1 Å². The highest BCUT2D eigenvalue weighted by Crippen LogP contribution is 2.06. The Hall–Kier alpha value is -2.46. The Bertz CT molecular complexity index is 410. The molecule has 16 heavy (non-hydrogen) atoms. The van der Waals surface area contributed by atoms with Crippen molar-refractivity contribution in [1.82, 2.24) is 10.6 Å². The molecule has 0 spiro atoms. The Morgan fingerprint density at radius 3 is 2.00 bits per heavy atom. The molecule has 1 heterocycles. The van der Waals surface area contributed by atoms with Gasteiger partial charge in [-0.3, -0.25) is 9.59 Å². The van der Waals surface area contributed by atoms with Crippen molar-refractivity contribution < 1.29 is 14.4 Å². The first-order chi connectivity index (χ1) is 7.74. The van der Waals surface area contributed by atoms with Crippen LogP contribution in [-0.4, -0.2) is 24.6 Å². The number of para-hydroxylation sites is 1. The van der Waals surface area contributed by atoms with Gasteiger partial charge in [0.05, 0.1) is 12.4 Å². The molecule has 1 fully saturated rings. The molecule has 2 N–H and O–H groups in total. The fraction of sp³-hybridized carbons (Fsp3) is 0.100. The number of hydrogen-bond donors (Lipinski definition) is 2. The molecule has 6 heteroatoms. The Kier molecular flexibility index (Phi) is 4.43. The maximum atomic E-state index is 10.1. The van der Waals surface area contributed by atoms with E-state index < -0.39 is 11.8 Å². The first-order valence-corrected chi connectivity index (χ1v) is 4.43. The largest absolute Gasteiger partial charge is 0.330 e. The third-order valence-electron chi connectivity index (χ3n) is 1.64. The van der Waals surface area contributed by atoms with E-state index in [1.165, 1.54) is 6.08 Å². The van der Waals surface area contributed by atoms with Crippen LogP contribution in [0.1, 0.15) is 0 Å². The fourth-order valence-electron chi connectivity index (χ4n) is 0.921. The van der Waals surface area contributed by atoms with Crippen molar-refractivity contribution in [2.75, 3.05) is 6.67 Å². The van der Waals surface area contributed by atoms with Gasteiger partial charge in [0.1, 0.15) is 0 Å². The first kappa shape index (κ1) is 11.6. The van der Waals surface area contributed by atoms with E-state index in [-0.39, 0.29) is 6.67 Å². The molecule has 0 atom stereocenters. The van der Waals surface area contributed by atoms with E-state index in [4.69, 9.17) is 0 Å². The van der Waals surface area contributed by atoms with E-state index in [1.807, 2.05) is 18.2 Å². The molecule has 2 rings (SSSR count). The number of aliphatic imine (C=N–C) groups is 1. The van der Waals surface area contributed by atoms with E-state index in [9.17, 15) is 14.4 Å². The highest BCUT2D eigenvalue weighted by Gasteiger charge is 2.17. The standard InChI is InChI=1S/C7H5NO.C3H4N2O2/c9-6-8-7-4-2-1-3-5-7;6-2-3(7)5-1-4-2/h1-5H;1H2,(H,4,6)(H,5,7). The van der Waals surface area contributed by atoms with E-state index in [0.29, 0.717) is 5.69 Å². The van der Waals surface area contributed by atoms with Crippen LogP contribution >= 0.6 is 0 Å². The normalized spacial score (nSPS) is 12.8. The SMILES string of the molecule is O=C1NCNC1=O.O=C=Nc1ccccc1. The molecule has 1 saturated heterocycles. The number of amides is 2. The summed E-state index contributed by atoms with van der Waals surface area (Å²) in [6.45, 7) is 0.275. The summed E-state index contributed by atoms with van der Waals surface area (Å²) in [6, 6.07) is 8.98. The summed E-state index contributed by atoms with van der Waals surface area (Å²) in [5.41, 5.74) is 0.646. The molecule has 2 amide bonds. The minimum Gasteiger partial charge on any atom is -0.330 e. The highest BCUT2D eigenvalue weighted by atomic mass is 16.2. The van der Waals surface area contributed by atoms with Crippen LogP contribution in [0.15, 0.2) is 35.3 Å². The Balaban J connectivity index is 0.000000165. The molecular weight excluding hydrogens is 210 g/mol. The average Bonchev–Trinajstić information content (AvgIpc) is 2.66. The van der Waals surface area contributed by atoms with Crippen LogP contribution in [-0.2, 0) is 14.4 Å². The second-order valence-corrected chi connectivity index (χ2v) is 2.73. The number of benzene rings is 1. The lowest BCUT2D eigenvalue weighted by Crippen LogP contribution is -2.19. The quantitative estimate of drug-likeness (QED) is 0.391. The summed E-state index contributed by atoms with van der Waals surface area (Å²) >= 11 is 0. The number of carbonyl (C=O) groups excluding carboxylic acids is 3. The van der Waals surface area contributed by atoms with Gasteiger partial charge in [0.25, 0.3) is 0 Å². The number of rotatable bonds is 1. The average molecular weight is 219 g/mol. The van der Waals surface area contributed by atoms with Gasteiger partial charge in [-0.25, -0.2) is 4.79 Å². The van der Waals surface area contributed by atoms with Gasteiger partial charge in [0, 0.05) is 0 Å². The van der Waals surface area contributed by atoms with E-state index in [0.717, 1.165) is 0 Å². The van der Waals surface area contributed by atoms with Gasteiger partial charge in [-0.05, 0) is 12.1 Å². The molecule has 82 valence electrons. The third kappa shape index (κ3) is 3.73. The third-order valence-corrected chi connectivity index (χ3v) is 1.64. The summed E-state index contributed by atoms with van der Waals surface area (Å²) in [5.74, 6) is -1.08. The molecule has 1 aromatic rings. The minimum atomic E-state index is -0.542. The molecule has 0 unspecified atom stereocenters. The first-order valence-electron chi connectivity index (χ1n) is 4.43. The van der Waals surface area contributed by atoms with Gasteiger partial charge in [-0.2, -0.15) is 4.99 Å². The smallest absolute Gasteiger partial charge is 0.310 e. The van der Waals surface area contributed by atoms with Crippen molar-refractivity contribution in [2.45, 2.75) is 0 Å². The van der Waals surface area contributed by atoms with Crippen LogP contribution in [0.3, 0.4) is 0 Å². The van der Waals surface area contributed by atoms with Crippen LogP contribution < -0.4 is 10.6 Å². The number of carbonyl (C=O) groups is 2. The Morgan fingerprint density at radius 2 is 1.62 bits per heavy atom. The van der Waals surface area contributed by atoms with Gasteiger partial charge < -0.3 is 10.6 Å². The van der Waals surface area contributed by atoms with Crippen LogP contribution in [0.4, 0.5) is 5.69 Å².